The van der Waals surface area contributed by atoms with Crippen molar-refractivity contribution in [2.75, 3.05) is 18.0 Å². The lowest BCUT2D eigenvalue weighted by atomic mass is 10.2. The molecule has 2 aromatic heterocycles. The number of imidazole rings is 1. The average molecular weight is 483 g/mol. The van der Waals surface area contributed by atoms with E-state index in [0.717, 1.165) is 28.1 Å². The molecule has 4 aromatic rings. The van der Waals surface area contributed by atoms with Crippen molar-refractivity contribution in [1.82, 2.24) is 19.9 Å². The molecule has 1 N–H and O–H groups in total. The first kappa shape index (κ1) is 20.8. The molecular formula is C22H16Cl2N6OS. The largest absolute Gasteiger partial charge is 0.336 e. The highest BCUT2D eigenvalue weighted by Crippen LogP contribution is 2.28. The van der Waals surface area contributed by atoms with Crippen molar-refractivity contribution in [3.8, 4) is 6.07 Å². The van der Waals surface area contributed by atoms with Crippen molar-refractivity contribution in [3.05, 3.63) is 74.5 Å². The number of amides is 2. The minimum absolute atomic E-state index is 0.127. The van der Waals surface area contributed by atoms with Gasteiger partial charge in [-0.2, -0.15) is 5.26 Å². The molecule has 0 bridgehead atoms. The first-order valence-corrected chi connectivity index (χ1v) is 11.5. The SMILES string of the molecule is N#Cc1ccc2nc(Cc3csc(N4CCNC4=O)n3)n(Cc3cc(Cl)ccc3Cl)c2c1. The maximum absolute atomic E-state index is 12.0. The number of thiazole rings is 1. The molecule has 0 atom stereocenters. The summed E-state index contributed by atoms with van der Waals surface area (Å²) in [7, 11) is 0. The number of hydrogen-bond donors (Lipinski definition) is 1. The topological polar surface area (TPSA) is 86.8 Å². The Morgan fingerprint density at radius 2 is 2.06 bits per heavy atom. The summed E-state index contributed by atoms with van der Waals surface area (Å²) >= 11 is 14.1. The van der Waals surface area contributed by atoms with Crippen LogP contribution >= 0.6 is 34.5 Å². The number of halogens is 2. The lowest BCUT2D eigenvalue weighted by molar-refractivity contribution is 0.252. The highest BCUT2D eigenvalue weighted by Gasteiger charge is 2.24. The molecule has 3 heterocycles. The van der Waals surface area contributed by atoms with Gasteiger partial charge in [-0.05, 0) is 42.0 Å². The molecule has 0 saturated carbocycles. The number of nitrogens with zero attached hydrogens (tertiary/aromatic N) is 5. The van der Waals surface area contributed by atoms with Crippen LogP contribution in [0.3, 0.4) is 0 Å². The molecule has 10 heteroatoms. The third-order valence-corrected chi connectivity index (χ3v) is 6.78. The van der Waals surface area contributed by atoms with E-state index in [9.17, 15) is 10.1 Å². The Morgan fingerprint density at radius 1 is 1.19 bits per heavy atom. The van der Waals surface area contributed by atoms with E-state index in [1.165, 1.54) is 11.3 Å². The van der Waals surface area contributed by atoms with Crippen LogP contribution in [0, 0.1) is 11.3 Å². The second-order valence-corrected chi connectivity index (χ2v) is 9.03. The van der Waals surface area contributed by atoms with Gasteiger partial charge in [0.25, 0.3) is 0 Å². The molecule has 1 aliphatic heterocycles. The van der Waals surface area contributed by atoms with Gasteiger partial charge in [-0.15, -0.1) is 11.3 Å². The maximum atomic E-state index is 12.0. The summed E-state index contributed by atoms with van der Waals surface area (Å²) in [6.07, 6.45) is 0.473. The van der Waals surface area contributed by atoms with Crippen molar-refractivity contribution >= 4 is 56.7 Å². The molecule has 32 heavy (non-hydrogen) atoms. The molecule has 7 nitrogen and oxygen atoms in total. The summed E-state index contributed by atoms with van der Waals surface area (Å²) < 4.78 is 2.04. The number of urea groups is 1. The number of carbonyl (C=O) groups is 1. The van der Waals surface area contributed by atoms with Crippen molar-refractivity contribution in [1.29, 1.82) is 5.26 Å². The van der Waals surface area contributed by atoms with E-state index >= 15 is 0 Å². The maximum Gasteiger partial charge on any atom is 0.323 e. The Morgan fingerprint density at radius 3 is 2.84 bits per heavy atom. The van der Waals surface area contributed by atoms with Crippen LogP contribution in [0.5, 0.6) is 0 Å². The van der Waals surface area contributed by atoms with Crippen LogP contribution in [0.4, 0.5) is 9.93 Å². The van der Waals surface area contributed by atoms with Gasteiger partial charge in [0, 0.05) is 34.9 Å². The molecule has 0 unspecified atom stereocenters. The normalized spacial score (nSPS) is 13.5. The van der Waals surface area contributed by atoms with Crippen LogP contribution in [-0.2, 0) is 13.0 Å². The van der Waals surface area contributed by atoms with E-state index in [4.69, 9.17) is 28.2 Å². The number of nitriles is 1. The summed E-state index contributed by atoms with van der Waals surface area (Å²) in [6.45, 7) is 1.67. The fourth-order valence-electron chi connectivity index (χ4n) is 3.71. The Labute approximate surface area is 197 Å². The monoisotopic (exact) mass is 482 g/mol. The summed E-state index contributed by atoms with van der Waals surface area (Å²) in [5.74, 6) is 0.786. The number of fused-ring (bicyclic) bond motifs is 1. The van der Waals surface area contributed by atoms with Gasteiger partial charge in [0.05, 0.1) is 34.9 Å². The Kier molecular flexibility index (Phi) is 5.47. The molecular weight excluding hydrogens is 467 g/mol. The van der Waals surface area contributed by atoms with Crippen molar-refractivity contribution in [3.63, 3.8) is 0 Å². The fraction of sp³-hybridized carbons (Fsp3) is 0.182. The van der Waals surface area contributed by atoms with E-state index in [1.54, 1.807) is 23.1 Å². The van der Waals surface area contributed by atoms with Crippen molar-refractivity contribution in [2.45, 2.75) is 13.0 Å². The van der Waals surface area contributed by atoms with Gasteiger partial charge in [-0.1, -0.05) is 23.2 Å². The standard InChI is InChI=1S/C22H16Cl2N6OS/c23-15-2-3-17(24)14(8-15)11-30-19-7-13(10-25)1-4-18(19)28-20(30)9-16-12-32-22(27-16)29-6-5-26-21(29)31/h1-4,7-8,12H,5-6,9,11H2,(H,26,31). The number of rotatable bonds is 5. The summed E-state index contributed by atoms with van der Waals surface area (Å²) in [4.78, 5) is 23.0. The number of nitrogens with one attached hydrogen (secondary N) is 1. The van der Waals surface area contributed by atoms with Gasteiger partial charge < -0.3 is 9.88 Å². The minimum atomic E-state index is -0.127. The third kappa shape index (κ3) is 3.91. The fourth-order valence-corrected chi connectivity index (χ4v) is 4.93. The Hall–Kier alpha value is -3.12. The minimum Gasteiger partial charge on any atom is -0.336 e. The highest BCUT2D eigenvalue weighted by atomic mass is 35.5. The quantitative estimate of drug-likeness (QED) is 0.440. The first-order valence-electron chi connectivity index (χ1n) is 9.85. The van der Waals surface area contributed by atoms with Gasteiger partial charge in [-0.25, -0.2) is 14.8 Å². The number of hydrogen-bond acceptors (Lipinski definition) is 5. The molecule has 0 spiro atoms. The van der Waals surface area contributed by atoms with Crippen LogP contribution in [0.1, 0.15) is 22.6 Å². The van der Waals surface area contributed by atoms with Crippen molar-refractivity contribution in [2.24, 2.45) is 0 Å². The van der Waals surface area contributed by atoms with Gasteiger partial charge in [0.15, 0.2) is 5.13 Å². The van der Waals surface area contributed by atoms with Crippen LogP contribution in [-0.4, -0.2) is 33.7 Å². The van der Waals surface area contributed by atoms with Crippen LogP contribution < -0.4 is 10.2 Å². The highest BCUT2D eigenvalue weighted by molar-refractivity contribution is 7.14. The van der Waals surface area contributed by atoms with Crippen LogP contribution in [0.25, 0.3) is 11.0 Å². The summed E-state index contributed by atoms with van der Waals surface area (Å²) in [6, 6.07) is 12.8. The van der Waals surface area contributed by atoms with E-state index in [0.29, 0.717) is 46.8 Å². The number of benzene rings is 2. The molecule has 2 amide bonds. The van der Waals surface area contributed by atoms with E-state index in [2.05, 4.69) is 16.4 Å². The number of anilines is 1. The molecule has 5 rings (SSSR count). The average Bonchev–Trinajstić information content (AvgIpc) is 3.50. The molecule has 1 saturated heterocycles. The number of carbonyl (C=O) groups excluding carboxylic acids is 1. The molecule has 2 aromatic carbocycles. The van der Waals surface area contributed by atoms with Crippen LogP contribution in [0.15, 0.2) is 41.8 Å². The smallest absolute Gasteiger partial charge is 0.323 e. The van der Waals surface area contributed by atoms with E-state index < -0.39 is 0 Å². The predicted molar refractivity (Wildman–Crippen MR) is 126 cm³/mol. The van der Waals surface area contributed by atoms with E-state index in [1.807, 2.05) is 28.1 Å². The summed E-state index contributed by atoms with van der Waals surface area (Å²) in [5.41, 5.74) is 3.85. The van der Waals surface area contributed by atoms with Gasteiger partial charge in [0.1, 0.15) is 5.82 Å². The zero-order chi connectivity index (χ0) is 22.2. The summed E-state index contributed by atoms with van der Waals surface area (Å²) in [5, 5.41) is 16.0. The van der Waals surface area contributed by atoms with Gasteiger partial charge in [0.2, 0.25) is 0 Å². The third-order valence-electron chi connectivity index (χ3n) is 5.26. The number of aromatic nitrogens is 3. The zero-order valence-electron chi connectivity index (χ0n) is 16.7. The zero-order valence-corrected chi connectivity index (χ0v) is 19.0. The molecule has 160 valence electrons. The lowest BCUT2D eigenvalue weighted by Gasteiger charge is -2.11. The Balaban J connectivity index is 1.54. The molecule has 1 aliphatic rings. The van der Waals surface area contributed by atoms with Gasteiger partial charge >= 0.3 is 6.03 Å². The molecule has 0 radical (unpaired) electrons. The molecule has 1 fully saturated rings. The van der Waals surface area contributed by atoms with Crippen LogP contribution in [0.2, 0.25) is 10.0 Å². The molecule has 0 aliphatic carbocycles. The van der Waals surface area contributed by atoms with E-state index in [-0.39, 0.29) is 6.03 Å². The Bertz CT molecular complexity index is 1390. The van der Waals surface area contributed by atoms with Crippen molar-refractivity contribution < 1.29 is 4.79 Å². The predicted octanol–water partition coefficient (Wildman–Crippen LogP) is 4.84. The lowest BCUT2D eigenvalue weighted by Crippen LogP contribution is -2.27. The second-order valence-electron chi connectivity index (χ2n) is 7.35. The van der Waals surface area contributed by atoms with Gasteiger partial charge in [-0.3, -0.25) is 4.90 Å². The second kappa shape index (κ2) is 8.43. The first-order chi connectivity index (χ1) is 15.5.